The number of hydrogen-bond acceptors (Lipinski definition) is 2. The third kappa shape index (κ3) is 2.25. The Bertz CT molecular complexity index is 310. The Morgan fingerprint density at radius 1 is 1.57 bits per heavy atom. The minimum atomic E-state index is 0.760. The highest BCUT2D eigenvalue weighted by molar-refractivity contribution is 6.30. The molecule has 0 aliphatic heterocycles. The van der Waals surface area contributed by atoms with E-state index < -0.39 is 0 Å². The van der Waals surface area contributed by atoms with Gasteiger partial charge in [0.25, 0.3) is 0 Å². The first kappa shape index (κ1) is 9.94. The molecule has 0 aromatic carbocycles. The molecule has 1 aromatic heterocycles. The summed E-state index contributed by atoms with van der Waals surface area (Å²) in [4.78, 5) is 6.66. The largest absolute Gasteiger partial charge is 0.298 e. The number of hydrogen-bond donors (Lipinski definition) is 0. The Hall–Kier alpha value is -0.600. The summed E-state index contributed by atoms with van der Waals surface area (Å²) in [6.07, 6.45) is 5.80. The number of pyridine rings is 1. The van der Waals surface area contributed by atoms with Crippen molar-refractivity contribution in [2.24, 2.45) is 0 Å². The van der Waals surface area contributed by atoms with Crippen LogP contribution in [0.2, 0.25) is 5.02 Å². The maximum Gasteiger partial charge on any atom is 0.0558 e. The molecule has 2 nitrogen and oxygen atoms in total. The summed E-state index contributed by atoms with van der Waals surface area (Å²) in [5.74, 6) is 0. The summed E-state index contributed by atoms with van der Waals surface area (Å²) < 4.78 is 0. The van der Waals surface area contributed by atoms with E-state index in [4.69, 9.17) is 11.6 Å². The smallest absolute Gasteiger partial charge is 0.0558 e. The van der Waals surface area contributed by atoms with E-state index in [1.807, 2.05) is 12.1 Å². The van der Waals surface area contributed by atoms with E-state index >= 15 is 0 Å². The average Bonchev–Trinajstić information content (AvgIpc) is 1.99. The lowest BCUT2D eigenvalue weighted by molar-refractivity contribution is 0.151. The zero-order valence-corrected chi connectivity index (χ0v) is 9.17. The van der Waals surface area contributed by atoms with Gasteiger partial charge < -0.3 is 0 Å². The van der Waals surface area contributed by atoms with Gasteiger partial charge in [-0.05, 0) is 32.0 Å². The minimum absolute atomic E-state index is 0.760. The summed E-state index contributed by atoms with van der Waals surface area (Å²) in [6, 6.07) is 4.52. The molecule has 0 N–H and O–H groups in total. The van der Waals surface area contributed by atoms with Crippen LogP contribution in [0.4, 0.5) is 0 Å². The fourth-order valence-electron chi connectivity index (χ4n) is 1.75. The number of nitrogens with zero attached hydrogens (tertiary/aromatic N) is 2. The van der Waals surface area contributed by atoms with Crippen molar-refractivity contribution in [3.05, 3.63) is 29.0 Å². The topological polar surface area (TPSA) is 16.1 Å². The number of halogens is 1. The lowest BCUT2D eigenvalue weighted by Gasteiger charge is -2.34. The molecule has 14 heavy (non-hydrogen) atoms. The molecule has 0 bridgehead atoms. The molecule has 1 aromatic rings. The van der Waals surface area contributed by atoms with Gasteiger partial charge in [-0.3, -0.25) is 9.88 Å². The SMILES string of the molecule is CN(Cc1cc(Cl)ccn1)C1CCC1. The van der Waals surface area contributed by atoms with Gasteiger partial charge in [-0.15, -0.1) is 0 Å². The molecule has 1 heterocycles. The molecule has 1 aliphatic rings. The Balaban J connectivity index is 1.95. The van der Waals surface area contributed by atoms with Crippen LogP contribution < -0.4 is 0 Å². The zero-order chi connectivity index (χ0) is 9.97. The molecule has 76 valence electrons. The van der Waals surface area contributed by atoms with E-state index in [9.17, 15) is 0 Å². The van der Waals surface area contributed by atoms with E-state index in [2.05, 4.69) is 16.9 Å². The Labute approximate surface area is 89.9 Å². The molecule has 0 spiro atoms. The van der Waals surface area contributed by atoms with Crippen molar-refractivity contribution in [2.75, 3.05) is 7.05 Å². The van der Waals surface area contributed by atoms with Gasteiger partial charge in [0.05, 0.1) is 5.69 Å². The van der Waals surface area contributed by atoms with E-state index in [0.29, 0.717) is 0 Å². The third-order valence-electron chi connectivity index (χ3n) is 2.89. The van der Waals surface area contributed by atoms with Crippen LogP contribution in [-0.2, 0) is 6.54 Å². The van der Waals surface area contributed by atoms with Crippen molar-refractivity contribution in [2.45, 2.75) is 31.8 Å². The van der Waals surface area contributed by atoms with E-state index in [0.717, 1.165) is 23.3 Å². The molecule has 0 atom stereocenters. The van der Waals surface area contributed by atoms with Gasteiger partial charge in [0, 0.05) is 23.8 Å². The first-order valence-electron chi connectivity index (χ1n) is 5.06. The van der Waals surface area contributed by atoms with Crippen LogP contribution >= 0.6 is 11.6 Å². The number of rotatable bonds is 3. The second kappa shape index (κ2) is 4.28. The lowest BCUT2D eigenvalue weighted by Crippen LogP contribution is -2.36. The Kier molecular flexibility index (Phi) is 3.04. The van der Waals surface area contributed by atoms with E-state index in [1.54, 1.807) is 6.20 Å². The van der Waals surface area contributed by atoms with Crippen LogP contribution in [0.3, 0.4) is 0 Å². The van der Waals surface area contributed by atoms with Crippen LogP contribution in [0.1, 0.15) is 25.0 Å². The fourth-order valence-corrected chi connectivity index (χ4v) is 1.93. The Morgan fingerprint density at radius 3 is 2.93 bits per heavy atom. The van der Waals surface area contributed by atoms with Crippen LogP contribution in [0.15, 0.2) is 18.3 Å². The van der Waals surface area contributed by atoms with Crippen LogP contribution in [0.5, 0.6) is 0 Å². The molecular formula is C11H15ClN2. The molecule has 0 radical (unpaired) electrons. The summed E-state index contributed by atoms with van der Waals surface area (Å²) in [5.41, 5.74) is 1.06. The van der Waals surface area contributed by atoms with Gasteiger partial charge >= 0.3 is 0 Å². The molecule has 1 saturated carbocycles. The van der Waals surface area contributed by atoms with Crippen molar-refractivity contribution in [1.29, 1.82) is 0 Å². The molecule has 1 fully saturated rings. The van der Waals surface area contributed by atoms with Gasteiger partial charge in [0.1, 0.15) is 0 Å². The van der Waals surface area contributed by atoms with E-state index in [1.165, 1.54) is 19.3 Å². The van der Waals surface area contributed by atoms with Crippen molar-refractivity contribution < 1.29 is 0 Å². The highest BCUT2D eigenvalue weighted by atomic mass is 35.5. The summed E-state index contributed by atoms with van der Waals surface area (Å²) >= 11 is 5.90. The average molecular weight is 211 g/mol. The first-order valence-corrected chi connectivity index (χ1v) is 5.44. The molecule has 2 rings (SSSR count). The second-order valence-corrected chi connectivity index (χ2v) is 4.40. The van der Waals surface area contributed by atoms with Gasteiger partial charge in [-0.2, -0.15) is 0 Å². The predicted octanol–water partition coefficient (Wildman–Crippen LogP) is 2.72. The summed E-state index contributed by atoms with van der Waals surface area (Å²) in [6.45, 7) is 0.908. The third-order valence-corrected chi connectivity index (χ3v) is 3.12. The Morgan fingerprint density at radius 2 is 2.36 bits per heavy atom. The zero-order valence-electron chi connectivity index (χ0n) is 8.41. The summed E-state index contributed by atoms with van der Waals surface area (Å²) in [7, 11) is 2.16. The normalized spacial score (nSPS) is 17.1. The monoisotopic (exact) mass is 210 g/mol. The van der Waals surface area contributed by atoms with Crippen molar-refractivity contribution in [3.8, 4) is 0 Å². The predicted molar refractivity (Wildman–Crippen MR) is 58.4 cm³/mol. The number of aromatic nitrogens is 1. The standard InChI is InChI=1S/C11H15ClN2/c1-14(11-3-2-4-11)8-10-7-9(12)5-6-13-10/h5-7,11H,2-4,8H2,1H3. The van der Waals surface area contributed by atoms with Gasteiger partial charge in [-0.1, -0.05) is 18.0 Å². The molecule has 0 unspecified atom stereocenters. The maximum absolute atomic E-state index is 5.90. The van der Waals surface area contributed by atoms with Crippen molar-refractivity contribution >= 4 is 11.6 Å². The molecule has 0 amide bonds. The quantitative estimate of drug-likeness (QED) is 0.763. The molecule has 0 saturated heterocycles. The minimum Gasteiger partial charge on any atom is -0.298 e. The van der Waals surface area contributed by atoms with Gasteiger partial charge in [0.15, 0.2) is 0 Å². The summed E-state index contributed by atoms with van der Waals surface area (Å²) in [5, 5.41) is 0.775. The van der Waals surface area contributed by atoms with Crippen LogP contribution in [-0.4, -0.2) is 23.0 Å². The molecule has 3 heteroatoms. The second-order valence-electron chi connectivity index (χ2n) is 3.97. The highest BCUT2D eigenvalue weighted by Gasteiger charge is 2.21. The van der Waals surface area contributed by atoms with Crippen LogP contribution in [0, 0.1) is 0 Å². The molecular weight excluding hydrogens is 196 g/mol. The maximum atomic E-state index is 5.90. The van der Waals surface area contributed by atoms with Gasteiger partial charge in [-0.25, -0.2) is 0 Å². The van der Waals surface area contributed by atoms with Crippen molar-refractivity contribution in [3.63, 3.8) is 0 Å². The highest BCUT2D eigenvalue weighted by Crippen LogP contribution is 2.24. The van der Waals surface area contributed by atoms with Crippen LogP contribution in [0.25, 0.3) is 0 Å². The first-order chi connectivity index (χ1) is 6.75. The van der Waals surface area contributed by atoms with Crippen molar-refractivity contribution in [1.82, 2.24) is 9.88 Å². The fraction of sp³-hybridized carbons (Fsp3) is 0.545. The van der Waals surface area contributed by atoms with E-state index in [-0.39, 0.29) is 0 Å². The molecule has 1 aliphatic carbocycles. The lowest BCUT2D eigenvalue weighted by atomic mass is 9.92. The van der Waals surface area contributed by atoms with Gasteiger partial charge in [0.2, 0.25) is 0 Å².